The van der Waals surface area contributed by atoms with Crippen molar-refractivity contribution < 1.29 is 19.1 Å². The van der Waals surface area contributed by atoms with E-state index in [-0.39, 0.29) is 17.7 Å². The minimum Gasteiger partial charge on any atom is -0.494 e. The molecule has 3 atom stereocenters. The van der Waals surface area contributed by atoms with Crippen LogP contribution >= 0.6 is 44.7 Å². The molecular weight excluding hydrogens is 763 g/mol. The number of aromatic nitrogens is 2. The molecule has 1 aliphatic rings. The van der Waals surface area contributed by atoms with E-state index in [1.807, 2.05) is 49.5 Å². The van der Waals surface area contributed by atoms with Crippen LogP contribution in [0.1, 0.15) is 37.6 Å². The average molecular weight is 808 g/mol. The highest BCUT2D eigenvalue weighted by atomic mass is 33.1. The van der Waals surface area contributed by atoms with Crippen molar-refractivity contribution in [2.24, 2.45) is 4.99 Å². The number of hydrogen-bond acceptors (Lipinski definition) is 13. The molecule has 0 radical (unpaired) electrons. The van der Waals surface area contributed by atoms with Gasteiger partial charge in [-0.2, -0.15) is 0 Å². The molecular formula is C37H45N9O4S4. The molecule has 3 heterocycles. The second kappa shape index (κ2) is 21.2. The van der Waals surface area contributed by atoms with Crippen LogP contribution in [0.2, 0.25) is 0 Å². The summed E-state index contributed by atoms with van der Waals surface area (Å²) in [6.07, 6.45) is 2.83. The van der Waals surface area contributed by atoms with E-state index < -0.39 is 18.1 Å². The molecule has 286 valence electrons. The Morgan fingerprint density at radius 3 is 2.63 bits per heavy atom. The SMILES string of the molecule is [C-]#[N+]c1ccc2cc(OCCCNC(=O)[C@H]3CSC(c4nc5ccc(NC(=O)[C@@H](CCCCNC)NC(=O)[C@H](CSSCC)NC)cc5s4)=N3)ccc2n1. The molecule has 17 heteroatoms. The fourth-order valence-corrected chi connectivity index (χ4v) is 9.49. The Kier molecular flexibility index (Phi) is 16.2. The van der Waals surface area contributed by atoms with E-state index in [9.17, 15) is 14.4 Å². The quantitative estimate of drug-likeness (QED) is 0.0402. The van der Waals surface area contributed by atoms with Crippen LogP contribution in [0, 0.1) is 6.57 Å². The van der Waals surface area contributed by atoms with Gasteiger partial charge in [0.15, 0.2) is 5.52 Å². The maximum absolute atomic E-state index is 13.5. The van der Waals surface area contributed by atoms with Crippen LogP contribution in [0.3, 0.4) is 0 Å². The van der Waals surface area contributed by atoms with Gasteiger partial charge >= 0.3 is 0 Å². The first-order valence-corrected chi connectivity index (χ1v) is 22.1. The number of aliphatic imine (C=N–C) groups is 1. The fraction of sp³-hybridized carbons (Fsp3) is 0.432. The average Bonchev–Trinajstić information content (AvgIpc) is 3.85. The van der Waals surface area contributed by atoms with Gasteiger partial charge < -0.3 is 36.2 Å². The highest BCUT2D eigenvalue weighted by Crippen LogP contribution is 2.31. The fourth-order valence-electron chi connectivity index (χ4n) is 5.47. The van der Waals surface area contributed by atoms with Gasteiger partial charge in [-0.05, 0) is 88.8 Å². The number of carbonyl (C=O) groups is 3. The summed E-state index contributed by atoms with van der Waals surface area (Å²) in [5.74, 6) is 2.55. The third-order valence-corrected chi connectivity index (χ3v) is 13.0. The number of benzene rings is 2. The molecule has 0 fully saturated rings. The zero-order valence-corrected chi connectivity index (χ0v) is 33.7. The topological polar surface area (TPSA) is 163 Å². The Hall–Kier alpha value is -3.92. The van der Waals surface area contributed by atoms with Gasteiger partial charge in [0.2, 0.25) is 17.7 Å². The highest BCUT2D eigenvalue weighted by Gasteiger charge is 2.28. The van der Waals surface area contributed by atoms with Crippen molar-refractivity contribution in [1.29, 1.82) is 0 Å². The number of likely N-dealkylation sites (N-methyl/N-ethyl adjacent to an activating group) is 1. The number of rotatable bonds is 21. The number of thiazole rings is 1. The van der Waals surface area contributed by atoms with Crippen molar-refractivity contribution in [3.8, 4) is 5.75 Å². The number of carbonyl (C=O) groups excluding carboxylic acids is 3. The lowest BCUT2D eigenvalue weighted by Crippen LogP contribution is -2.51. The summed E-state index contributed by atoms with van der Waals surface area (Å²) in [7, 11) is 6.99. The molecule has 13 nitrogen and oxygen atoms in total. The maximum Gasteiger partial charge on any atom is 0.270 e. The van der Waals surface area contributed by atoms with E-state index >= 15 is 0 Å². The smallest absolute Gasteiger partial charge is 0.270 e. The first-order chi connectivity index (χ1) is 26.3. The maximum atomic E-state index is 13.5. The van der Waals surface area contributed by atoms with Crippen LogP contribution in [0.15, 0.2) is 53.5 Å². The third kappa shape index (κ3) is 11.8. The summed E-state index contributed by atoms with van der Waals surface area (Å²) < 4.78 is 6.75. The van der Waals surface area contributed by atoms with E-state index in [1.165, 1.54) is 23.1 Å². The molecule has 1 aliphatic heterocycles. The lowest BCUT2D eigenvalue weighted by atomic mass is 10.1. The monoisotopic (exact) mass is 807 g/mol. The second-order valence-corrected chi connectivity index (χ2v) is 17.1. The normalized spacial score (nSPS) is 15.0. The van der Waals surface area contributed by atoms with E-state index in [1.54, 1.807) is 34.7 Å². The Balaban J connectivity index is 1.12. The third-order valence-electron chi connectivity index (χ3n) is 8.35. The van der Waals surface area contributed by atoms with Crippen molar-refractivity contribution in [1.82, 2.24) is 31.2 Å². The van der Waals surface area contributed by atoms with Crippen LogP contribution in [0.5, 0.6) is 5.75 Å². The van der Waals surface area contributed by atoms with Gasteiger partial charge in [-0.3, -0.25) is 19.4 Å². The molecule has 2 aromatic heterocycles. The summed E-state index contributed by atoms with van der Waals surface area (Å²) in [6.45, 7) is 10.9. The van der Waals surface area contributed by atoms with Gasteiger partial charge in [0.25, 0.3) is 5.82 Å². The summed E-state index contributed by atoms with van der Waals surface area (Å²) in [4.78, 5) is 56.6. The number of fused-ring (bicyclic) bond motifs is 2. The zero-order chi connectivity index (χ0) is 38.3. The van der Waals surface area contributed by atoms with E-state index in [2.05, 4.69) is 48.3 Å². The Morgan fingerprint density at radius 2 is 1.83 bits per heavy atom. The Labute approximate surface area is 331 Å². The number of nitrogens with one attached hydrogen (secondary N) is 5. The zero-order valence-electron chi connectivity index (χ0n) is 30.5. The molecule has 5 rings (SSSR count). The van der Waals surface area contributed by atoms with Gasteiger partial charge in [-0.25, -0.2) is 4.98 Å². The summed E-state index contributed by atoms with van der Waals surface area (Å²) in [5.41, 5.74) is 2.13. The Morgan fingerprint density at radius 1 is 0.981 bits per heavy atom. The molecule has 0 spiro atoms. The van der Waals surface area contributed by atoms with Crippen molar-refractivity contribution >= 4 is 100 Å². The van der Waals surface area contributed by atoms with Crippen molar-refractivity contribution in [3.63, 3.8) is 0 Å². The van der Waals surface area contributed by atoms with Crippen molar-refractivity contribution in [2.45, 2.75) is 50.7 Å². The lowest BCUT2D eigenvalue weighted by molar-refractivity contribution is -0.127. The molecule has 0 saturated carbocycles. The van der Waals surface area contributed by atoms with Crippen LogP contribution in [0.4, 0.5) is 11.5 Å². The number of pyridine rings is 1. The van der Waals surface area contributed by atoms with E-state index in [4.69, 9.17) is 16.3 Å². The van der Waals surface area contributed by atoms with Gasteiger partial charge in [0.1, 0.15) is 27.9 Å². The summed E-state index contributed by atoms with van der Waals surface area (Å²) in [5, 5.41) is 17.5. The minimum absolute atomic E-state index is 0.136. The second-order valence-electron chi connectivity index (χ2n) is 12.3. The molecule has 3 amide bonds. The van der Waals surface area contributed by atoms with Crippen molar-refractivity contribution in [2.75, 3.05) is 56.4 Å². The molecule has 4 aromatic rings. The van der Waals surface area contributed by atoms with Crippen LogP contribution < -0.4 is 31.3 Å². The molecule has 0 bridgehead atoms. The van der Waals surface area contributed by atoms with Crippen molar-refractivity contribution in [3.05, 3.63) is 65.0 Å². The van der Waals surface area contributed by atoms with Crippen LogP contribution in [-0.4, -0.2) is 102 Å². The van der Waals surface area contributed by atoms with Gasteiger partial charge in [-0.15, -0.1) is 28.1 Å². The number of thioether (sulfide) groups is 1. The number of ether oxygens (including phenoxy) is 1. The standard InChI is InChI=1S/C37H45N9O4S4/c1-5-52-53-22-29(39-3)35(49)44-28(9-6-7-16-38-2)34(48)42-24-11-13-27-31(20-24)54-37(45-27)36-46-30(21-51-36)33(47)41-17-8-18-50-25-12-14-26-23(19-25)10-15-32(40-4)43-26/h10-15,19-20,28-30,38-39H,5-9,16-18,21-22H2,1-3H3,(H,41,47)(H,42,48)(H,44,49)/t28-,29+,30-/m1/s1. The first-order valence-electron chi connectivity index (χ1n) is 17.8. The van der Waals surface area contributed by atoms with Gasteiger partial charge in [0, 0.05) is 34.9 Å². The molecule has 5 N–H and O–H groups in total. The number of amides is 3. The van der Waals surface area contributed by atoms with Gasteiger partial charge in [-0.1, -0.05) is 41.2 Å². The number of unbranched alkanes of at least 4 members (excludes halogenated alkanes) is 1. The largest absolute Gasteiger partial charge is 0.494 e. The molecule has 2 aromatic carbocycles. The predicted molar refractivity (Wildman–Crippen MR) is 225 cm³/mol. The lowest BCUT2D eigenvalue weighted by Gasteiger charge is -2.22. The van der Waals surface area contributed by atoms with Crippen LogP contribution in [0.25, 0.3) is 26.0 Å². The Bertz CT molecular complexity index is 1990. The number of hydrogen-bond donors (Lipinski definition) is 5. The van der Waals surface area contributed by atoms with E-state index in [0.29, 0.717) is 54.8 Å². The molecule has 0 unspecified atom stereocenters. The highest BCUT2D eigenvalue weighted by molar-refractivity contribution is 8.76. The van der Waals surface area contributed by atoms with Crippen LogP contribution in [-0.2, 0) is 14.4 Å². The molecule has 54 heavy (non-hydrogen) atoms. The predicted octanol–water partition coefficient (Wildman–Crippen LogP) is 5.64. The first kappa shape index (κ1) is 41.2. The minimum atomic E-state index is -0.676. The molecule has 0 saturated heterocycles. The summed E-state index contributed by atoms with van der Waals surface area (Å²) in [6, 6.07) is 13.1. The summed E-state index contributed by atoms with van der Waals surface area (Å²) >= 11 is 2.97. The van der Waals surface area contributed by atoms with E-state index in [0.717, 1.165) is 56.3 Å². The number of anilines is 1. The molecule has 0 aliphatic carbocycles. The van der Waals surface area contributed by atoms with Gasteiger partial charge in [0.05, 0.1) is 22.9 Å². The number of nitrogens with zero attached hydrogens (tertiary/aromatic N) is 4.